The average molecular weight is 413 g/mol. The molecule has 0 fully saturated rings. The third kappa shape index (κ3) is 5.92. The molecule has 160 valence electrons. The average Bonchev–Trinajstić information content (AvgIpc) is 3.18. The second-order valence-corrected chi connectivity index (χ2v) is 6.87. The summed E-state index contributed by atoms with van der Waals surface area (Å²) in [5, 5.41) is 15.0. The number of pyridine rings is 1. The molecule has 0 saturated heterocycles. The van der Waals surface area contributed by atoms with Gasteiger partial charge in [-0.15, -0.1) is 10.2 Å². The van der Waals surface area contributed by atoms with Gasteiger partial charge < -0.3 is 15.4 Å². The van der Waals surface area contributed by atoms with Crippen LogP contribution in [0.1, 0.15) is 32.5 Å². The van der Waals surface area contributed by atoms with E-state index in [4.69, 9.17) is 4.74 Å². The molecule has 0 aliphatic carbocycles. The van der Waals surface area contributed by atoms with Crippen LogP contribution >= 0.6 is 0 Å². The summed E-state index contributed by atoms with van der Waals surface area (Å²) in [6, 6.07) is 12.3. The van der Waals surface area contributed by atoms with Crippen LogP contribution in [-0.4, -0.2) is 46.3 Å². The molecule has 2 aromatic heterocycles. The molecule has 0 aliphatic heterocycles. The maximum absolute atomic E-state index is 13.8. The van der Waals surface area contributed by atoms with E-state index in [1.54, 1.807) is 18.2 Å². The molecule has 0 radical (unpaired) electrons. The van der Waals surface area contributed by atoms with Crippen molar-refractivity contribution in [3.63, 3.8) is 0 Å². The van der Waals surface area contributed by atoms with Crippen molar-refractivity contribution in [2.75, 3.05) is 19.6 Å². The molecule has 2 N–H and O–H groups in total. The molecule has 1 aromatic carbocycles. The summed E-state index contributed by atoms with van der Waals surface area (Å²) in [5.74, 6) is 1.57. The summed E-state index contributed by atoms with van der Waals surface area (Å²) in [6.45, 7) is 5.97. The van der Waals surface area contributed by atoms with E-state index in [1.807, 2.05) is 42.6 Å². The minimum absolute atomic E-state index is 0.195. The molecule has 7 nitrogen and oxygen atoms in total. The third-order valence-electron chi connectivity index (χ3n) is 4.64. The van der Waals surface area contributed by atoms with Gasteiger partial charge in [0, 0.05) is 25.7 Å². The van der Waals surface area contributed by atoms with Crippen LogP contribution in [-0.2, 0) is 6.42 Å². The highest BCUT2D eigenvalue weighted by Crippen LogP contribution is 2.18. The number of fused-ring (bicyclic) bond motifs is 1. The Morgan fingerprint density at radius 1 is 1.13 bits per heavy atom. The second kappa shape index (κ2) is 11.1. The normalized spacial score (nSPS) is 12.7. The Bertz CT molecular complexity index is 957. The maximum atomic E-state index is 13.8. The van der Waals surface area contributed by atoms with Gasteiger partial charge >= 0.3 is 0 Å². The minimum atomic E-state index is -0.356. The lowest BCUT2D eigenvalue weighted by Crippen LogP contribution is -2.38. The topological polar surface area (TPSA) is 75.8 Å². The number of aromatic nitrogens is 3. The summed E-state index contributed by atoms with van der Waals surface area (Å²) in [5.41, 5.74) is 0.857. The van der Waals surface area contributed by atoms with E-state index in [2.05, 4.69) is 25.8 Å². The van der Waals surface area contributed by atoms with Crippen LogP contribution < -0.4 is 15.4 Å². The van der Waals surface area contributed by atoms with E-state index in [0.717, 1.165) is 49.8 Å². The smallest absolute Gasteiger partial charge is 0.191 e. The maximum Gasteiger partial charge on any atom is 0.191 e. The Hall–Kier alpha value is -3.16. The first-order valence-corrected chi connectivity index (χ1v) is 10.4. The molecular formula is C22H29FN6O. The van der Waals surface area contributed by atoms with Crippen LogP contribution in [0.4, 0.5) is 4.39 Å². The van der Waals surface area contributed by atoms with Crippen LogP contribution in [0.3, 0.4) is 0 Å². The Morgan fingerprint density at radius 2 is 1.97 bits per heavy atom. The van der Waals surface area contributed by atoms with E-state index >= 15 is 0 Å². The molecule has 0 bridgehead atoms. The molecule has 0 aliphatic rings. The Labute approximate surface area is 176 Å². The van der Waals surface area contributed by atoms with Gasteiger partial charge in [-0.25, -0.2) is 9.38 Å². The van der Waals surface area contributed by atoms with E-state index in [-0.39, 0.29) is 17.7 Å². The highest BCUT2D eigenvalue weighted by molar-refractivity contribution is 5.79. The first-order valence-electron chi connectivity index (χ1n) is 10.4. The number of benzene rings is 1. The zero-order valence-electron chi connectivity index (χ0n) is 17.5. The predicted octanol–water partition coefficient (Wildman–Crippen LogP) is 3.21. The molecule has 1 unspecified atom stereocenters. The monoisotopic (exact) mass is 412 g/mol. The van der Waals surface area contributed by atoms with Crippen molar-refractivity contribution in [3.05, 3.63) is 60.3 Å². The fraction of sp³-hybridized carbons (Fsp3) is 0.409. The quantitative estimate of drug-likeness (QED) is 0.304. The second-order valence-electron chi connectivity index (χ2n) is 6.87. The highest BCUT2D eigenvalue weighted by Gasteiger charge is 2.11. The van der Waals surface area contributed by atoms with Gasteiger partial charge in [-0.3, -0.25) is 4.40 Å². The summed E-state index contributed by atoms with van der Waals surface area (Å²) in [4.78, 5) is 4.61. The van der Waals surface area contributed by atoms with Crippen LogP contribution in [0.5, 0.6) is 5.75 Å². The first kappa shape index (κ1) is 21.5. The zero-order chi connectivity index (χ0) is 21.2. The molecule has 0 saturated carbocycles. The predicted molar refractivity (Wildman–Crippen MR) is 116 cm³/mol. The fourth-order valence-corrected chi connectivity index (χ4v) is 3.02. The van der Waals surface area contributed by atoms with Crippen molar-refractivity contribution < 1.29 is 9.13 Å². The van der Waals surface area contributed by atoms with Crippen molar-refractivity contribution in [1.29, 1.82) is 0 Å². The number of para-hydroxylation sites is 1. The lowest BCUT2D eigenvalue weighted by atomic mass is 10.2. The number of aryl methyl sites for hydroxylation is 1. The minimum Gasteiger partial charge on any atom is -0.485 e. The Balaban J connectivity index is 1.50. The molecule has 1 atom stereocenters. The van der Waals surface area contributed by atoms with E-state index in [9.17, 15) is 4.39 Å². The number of hydrogen-bond donors (Lipinski definition) is 2. The van der Waals surface area contributed by atoms with Gasteiger partial charge in [-0.2, -0.15) is 0 Å². The SMILES string of the molecule is CCNC(=NCC(CC)Oc1ccccc1F)NCCCc1nnc2ccccn12. The van der Waals surface area contributed by atoms with Gasteiger partial charge in [0.1, 0.15) is 11.9 Å². The van der Waals surface area contributed by atoms with Crippen molar-refractivity contribution in [3.8, 4) is 5.75 Å². The molecule has 3 rings (SSSR count). The summed E-state index contributed by atoms with van der Waals surface area (Å²) >= 11 is 0. The molecule has 0 amide bonds. The zero-order valence-corrected chi connectivity index (χ0v) is 17.5. The third-order valence-corrected chi connectivity index (χ3v) is 4.64. The number of aliphatic imine (C=N–C) groups is 1. The first-order chi connectivity index (χ1) is 14.7. The van der Waals surface area contributed by atoms with Gasteiger partial charge in [0.05, 0.1) is 6.54 Å². The number of nitrogens with one attached hydrogen (secondary N) is 2. The number of halogens is 1. The van der Waals surface area contributed by atoms with Gasteiger partial charge in [-0.1, -0.05) is 25.1 Å². The van der Waals surface area contributed by atoms with E-state index < -0.39 is 0 Å². The van der Waals surface area contributed by atoms with E-state index in [0.29, 0.717) is 6.54 Å². The van der Waals surface area contributed by atoms with Crippen LogP contribution in [0.25, 0.3) is 5.65 Å². The van der Waals surface area contributed by atoms with Gasteiger partial charge in [-0.05, 0) is 44.0 Å². The number of nitrogens with zero attached hydrogens (tertiary/aromatic N) is 4. The van der Waals surface area contributed by atoms with E-state index in [1.165, 1.54) is 6.07 Å². The summed E-state index contributed by atoms with van der Waals surface area (Å²) in [6.07, 6.45) is 4.22. The van der Waals surface area contributed by atoms with Gasteiger partial charge in [0.15, 0.2) is 23.2 Å². The van der Waals surface area contributed by atoms with Crippen molar-refractivity contribution in [2.45, 2.75) is 39.2 Å². The number of guanidine groups is 1. The van der Waals surface area contributed by atoms with Crippen molar-refractivity contribution >= 4 is 11.6 Å². The number of hydrogen-bond acceptors (Lipinski definition) is 4. The number of rotatable bonds is 10. The number of ether oxygens (including phenoxy) is 1. The molecule has 30 heavy (non-hydrogen) atoms. The Morgan fingerprint density at radius 3 is 2.77 bits per heavy atom. The van der Waals surface area contributed by atoms with Crippen molar-refractivity contribution in [1.82, 2.24) is 25.2 Å². The molecular weight excluding hydrogens is 383 g/mol. The Kier molecular flexibility index (Phi) is 8.00. The molecule has 8 heteroatoms. The van der Waals surface area contributed by atoms with Crippen molar-refractivity contribution in [2.24, 2.45) is 4.99 Å². The molecule has 3 aromatic rings. The standard InChI is InChI=1S/C22H29FN6O/c1-3-17(30-19-11-6-5-10-18(19)23)16-26-22(24-4-2)25-14-9-13-21-28-27-20-12-7-8-15-29(20)21/h5-8,10-12,15,17H,3-4,9,13-14,16H2,1-2H3,(H2,24,25,26). The van der Waals surface area contributed by atoms with Gasteiger partial charge in [0.25, 0.3) is 0 Å². The highest BCUT2D eigenvalue weighted by atomic mass is 19.1. The van der Waals surface area contributed by atoms with Gasteiger partial charge in [0.2, 0.25) is 0 Å². The summed E-state index contributed by atoms with van der Waals surface area (Å²) in [7, 11) is 0. The lowest BCUT2D eigenvalue weighted by Gasteiger charge is -2.17. The van der Waals surface area contributed by atoms with Crippen LogP contribution in [0, 0.1) is 5.82 Å². The van der Waals surface area contributed by atoms with Crippen LogP contribution in [0.2, 0.25) is 0 Å². The molecule has 0 spiro atoms. The summed E-state index contributed by atoms with van der Waals surface area (Å²) < 4.78 is 21.6. The largest absolute Gasteiger partial charge is 0.485 e. The molecule has 2 heterocycles. The fourth-order valence-electron chi connectivity index (χ4n) is 3.02. The lowest BCUT2D eigenvalue weighted by molar-refractivity contribution is 0.196. The van der Waals surface area contributed by atoms with Crippen LogP contribution in [0.15, 0.2) is 53.7 Å².